The summed E-state index contributed by atoms with van der Waals surface area (Å²) in [5, 5.41) is 3.83. The lowest BCUT2D eigenvalue weighted by atomic mass is 9.57. The van der Waals surface area contributed by atoms with E-state index in [1.165, 1.54) is 17.5 Å². The number of rotatable bonds is 3. The van der Waals surface area contributed by atoms with Gasteiger partial charge in [-0.05, 0) is 25.8 Å². The van der Waals surface area contributed by atoms with Gasteiger partial charge in [0.05, 0.1) is 6.10 Å². The Morgan fingerprint density at radius 2 is 1.95 bits per heavy atom. The fourth-order valence-corrected chi connectivity index (χ4v) is 3.88. The van der Waals surface area contributed by atoms with E-state index in [0.29, 0.717) is 24.1 Å². The molecule has 1 saturated heterocycles. The van der Waals surface area contributed by atoms with Crippen LogP contribution in [0.2, 0.25) is 0 Å². The van der Waals surface area contributed by atoms with Crippen molar-refractivity contribution in [3.05, 3.63) is 35.4 Å². The van der Waals surface area contributed by atoms with Crippen LogP contribution in [-0.2, 0) is 4.74 Å². The minimum absolute atomic E-state index is 0.264. The van der Waals surface area contributed by atoms with Crippen molar-refractivity contribution >= 4 is 0 Å². The Morgan fingerprint density at radius 3 is 2.63 bits per heavy atom. The molecule has 0 amide bonds. The third kappa shape index (κ3) is 2.11. The van der Waals surface area contributed by atoms with Crippen LogP contribution in [0.5, 0.6) is 0 Å². The van der Waals surface area contributed by atoms with Crippen molar-refractivity contribution in [2.75, 3.05) is 6.61 Å². The average Bonchev–Trinajstić information content (AvgIpc) is 2.83. The van der Waals surface area contributed by atoms with Crippen LogP contribution >= 0.6 is 0 Å². The summed E-state index contributed by atoms with van der Waals surface area (Å²) in [6, 6.07) is 9.85. The number of ether oxygens (including phenoxy) is 1. The molecular formula is C17H25NO. The molecule has 2 fully saturated rings. The van der Waals surface area contributed by atoms with Crippen molar-refractivity contribution in [3.8, 4) is 0 Å². The van der Waals surface area contributed by atoms with Gasteiger partial charge in [-0.15, -0.1) is 0 Å². The highest BCUT2D eigenvalue weighted by Crippen LogP contribution is 2.52. The van der Waals surface area contributed by atoms with Crippen molar-refractivity contribution in [2.45, 2.75) is 52.3 Å². The minimum atomic E-state index is 0.264. The molecule has 1 aliphatic carbocycles. The molecule has 4 atom stereocenters. The monoisotopic (exact) mass is 259 g/mol. The molecule has 3 unspecified atom stereocenters. The summed E-state index contributed by atoms with van der Waals surface area (Å²) in [6.45, 7) is 10.0. The van der Waals surface area contributed by atoms with Crippen molar-refractivity contribution in [1.29, 1.82) is 0 Å². The number of aryl methyl sites for hydroxylation is 1. The molecular weight excluding hydrogens is 234 g/mol. The summed E-state index contributed by atoms with van der Waals surface area (Å²) in [5.74, 6) is 0.711. The van der Waals surface area contributed by atoms with Crippen LogP contribution in [0.25, 0.3) is 0 Å². The van der Waals surface area contributed by atoms with E-state index < -0.39 is 0 Å². The van der Waals surface area contributed by atoms with E-state index in [2.05, 4.69) is 57.3 Å². The van der Waals surface area contributed by atoms with E-state index >= 15 is 0 Å². The van der Waals surface area contributed by atoms with Crippen molar-refractivity contribution < 1.29 is 4.74 Å². The SMILES string of the molecule is Cc1ccc([C@H](C)NC2C3CCOC3C2(C)C)cc1. The second-order valence-corrected chi connectivity index (χ2v) is 6.84. The molecule has 1 aromatic rings. The molecule has 104 valence electrons. The highest BCUT2D eigenvalue weighted by atomic mass is 16.5. The molecule has 1 N–H and O–H groups in total. The van der Waals surface area contributed by atoms with Gasteiger partial charge >= 0.3 is 0 Å². The fraction of sp³-hybridized carbons (Fsp3) is 0.647. The standard InChI is InChI=1S/C17H25NO/c1-11-5-7-13(8-6-11)12(2)18-15-14-9-10-19-16(14)17(15,3)4/h5-8,12,14-16,18H,9-10H2,1-4H3/t12-,14?,15?,16?/m0/s1. The highest BCUT2D eigenvalue weighted by molar-refractivity contribution is 5.24. The average molecular weight is 259 g/mol. The molecule has 0 radical (unpaired) electrons. The van der Waals surface area contributed by atoms with Gasteiger partial charge in [0, 0.05) is 30.0 Å². The summed E-state index contributed by atoms with van der Waals surface area (Å²) < 4.78 is 5.86. The van der Waals surface area contributed by atoms with Crippen LogP contribution in [0.1, 0.15) is 44.4 Å². The molecule has 0 bridgehead atoms. The van der Waals surface area contributed by atoms with E-state index in [-0.39, 0.29) is 5.41 Å². The lowest BCUT2D eigenvalue weighted by molar-refractivity contribution is -0.115. The largest absolute Gasteiger partial charge is 0.377 e. The summed E-state index contributed by atoms with van der Waals surface area (Å²) in [7, 11) is 0. The van der Waals surface area contributed by atoms with Crippen LogP contribution in [0, 0.1) is 18.3 Å². The lowest BCUT2D eigenvalue weighted by Gasteiger charge is -2.55. The molecule has 1 aromatic carbocycles. The van der Waals surface area contributed by atoms with Crippen molar-refractivity contribution in [3.63, 3.8) is 0 Å². The van der Waals surface area contributed by atoms with Gasteiger partial charge in [0.15, 0.2) is 0 Å². The van der Waals surface area contributed by atoms with Gasteiger partial charge in [0.25, 0.3) is 0 Å². The van der Waals surface area contributed by atoms with Crippen LogP contribution < -0.4 is 5.32 Å². The maximum Gasteiger partial charge on any atom is 0.0685 e. The number of fused-ring (bicyclic) bond motifs is 1. The lowest BCUT2D eigenvalue weighted by Crippen LogP contribution is -2.66. The number of nitrogens with one attached hydrogen (secondary N) is 1. The zero-order valence-corrected chi connectivity index (χ0v) is 12.4. The molecule has 0 aromatic heterocycles. The van der Waals surface area contributed by atoms with Gasteiger partial charge in [0.2, 0.25) is 0 Å². The second-order valence-electron chi connectivity index (χ2n) is 6.84. The molecule has 2 aliphatic rings. The van der Waals surface area contributed by atoms with E-state index in [1.807, 2.05) is 0 Å². The first kappa shape index (κ1) is 13.1. The van der Waals surface area contributed by atoms with Crippen LogP contribution in [0.15, 0.2) is 24.3 Å². The Balaban J connectivity index is 1.69. The Labute approximate surface area is 116 Å². The van der Waals surface area contributed by atoms with Crippen LogP contribution in [0.3, 0.4) is 0 Å². The van der Waals surface area contributed by atoms with Gasteiger partial charge in [-0.1, -0.05) is 43.7 Å². The van der Waals surface area contributed by atoms with Crippen molar-refractivity contribution in [2.24, 2.45) is 11.3 Å². The maximum absolute atomic E-state index is 5.86. The minimum Gasteiger partial charge on any atom is -0.377 e. The van der Waals surface area contributed by atoms with Crippen LogP contribution in [-0.4, -0.2) is 18.8 Å². The van der Waals surface area contributed by atoms with Gasteiger partial charge in [0.1, 0.15) is 0 Å². The van der Waals surface area contributed by atoms with E-state index in [1.54, 1.807) is 0 Å². The van der Waals surface area contributed by atoms with Gasteiger partial charge in [-0.25, -0.2) is 0 Å². The molecule has 1 saturated carbocycles. The van der Waals surface area contributed by atoms with E-state index in [0.717, 1.165) is 6.61 Å². The van der Waals surface area contributed by atoms with Gasteiger partial charge < -0.3 is 10.1 Å². The topological polar surface area (TPSA) is 21.3 Å². The first-order valence-corrected chi connectivity index (χ1v) is 7.44. The molecule has 1 aliphatic heterocycles. The Bertz CT molecular complexity index is 451. The normalized spacial score (nSPS) is 33.6. The van der Waals surface area contributed by atoms with Gasteiger partial charge in [-0.2, -0.15) is 0 Å². The number of benzene rings is 1. The third-order valence-corrected chi connectivity index (χ3v) is 5.11. The van der Waals surface area contributed by atoms with E-state index in [9.17, 15) is 0 Å². The Morgan fingerprint density at radius 1 is 1.26 bits per heavy atom. The summed E-state index contributed by atoms with van der Waals surface area (Å²) in [5.41, 5.74) is 2.97. The zero-order valence-electron chi connectivity index (χ0n) is 12.4. The predicted molar refractivity (Wildman–Crippen MR) is 78.1 cm³/mol. The Kier molecular flexibility index (Phi) is 3.18. The zero-order chi connectivity index (χ0) is 13.6. The third-order valence-electron chi connectivity index (χ3n) is 5.11. The first-order valence-electron chi connectivity index (χ1n) is 7.44. The molecule has 2 nitrogen and oxygen atoms in total. The maximum atomic E-state index is 5.86. The summed E-state index contributed by atoms with van der Waals surface area (Å²) in [4.78, 5) is 0. The predicted octanol–water partition coefficient (Wildman–Crippen LogP) is 3.46. The van der Waals surface area contributed by atoms with Crippen LogP contribution in [0.4, 0.5) is 0 Å². The second kappa shape index (κ2) is 4.60. The first-order chi connectivity index (χ1) is 9.00. The number of hydrogen-bond acceptors (Lipinski definition) is 2. The fourth-order valence-electron chi connectivity index (χ4n) is 3.88. The smallest absolute Gasteiger partial charge is 0.0685 e. The summed E-state index contributed by atoms with van der Waals surface area (Å²) in [6.07, 6.45) is 1.68. The van der Waals surface area contributed by atoms with Gasteiger partial charge in [-0.3, -0.25) is 0 Å². The molecule has 1 heterocycles. The summed E-state index contributed by atoms with van der Waals surface area (Å²) >= 11 is 0. The highest BCUT2D eigenvalue weighted by Gasteiger charge is 2.59. The van der Waals surface area contributed by atoms with E-state index in [4.69, 9.17) is 4.74 Å². The molecule has 0 spiro atoms. The number of hydrogen-bond donors (Lipinski definition) is 1. The molecule has 2 heteroatoms. The quantitative estimate of drug-likeness (QED) is 0.897. The molecule has 19 heavy (non-hydrogen) atoms. The molecule has 3 rings (SSSR count). The van der Waals surface area contributed by atoms with Crippen molar-refractivity contribution in [1.82, 2.24) is 5.32 Å². The Hall–Kier alpha value is -0.860.